The van der Waals surface area contributed by atoms with Gasteiger partial charge in [0.1, 0.15) is 6.07 Å². The molecule has 0 spiro atoms. The fourth-order valence-corrected chi connectivity index (χ4v) is 3.31. The fraction of sp³-hybridized carbons (Fsp3) is 0.273. The van der Waals surface area contributed by atoms with Crippen molar-refractivity contribution in [3.05, 3.63) is 65.2 Å². The Labute approximate surface area is 159 Å². The normalized spacial score (nSPS) is 15.6. The molecule has 1 atom stereocenters. The molecule has 5 nitrogen and oxygen atoms in total. The van der Waals surface area contributed by atoms with Crippen LogP contribution in [0.25, 0.3) is 6.08 Å². The second kappa shape index (κ2) is 8.91. The van der Waals surface area contributed by atoms with Gasteiger partial charge in [0.15, 0.2) is 18.1 Å². The van der Waals surface area contributed by atoms with Crippen LogP contribution in [0.5, 0.6) is 11.5 Å². The minimum absolute atomic E-state index is 0.0448. The summed E-state index contributed by atoms with van der Waals surface area (Å²) in [6.45, 7) is -0.0448. The molecule has 3 rings (SSSR count). The molecule has 0 fully saturated rings. The predicted octanol–water partition coefficient (Wildman–Crippen LogP) is 3.80. The van der Waals surface area contributed by atoms with Crippen molar-refractivity contribution in [2.45, 2.75) is 25.3 Å². The Kier molecular flexibility index (Phi) is 6.11. The zero-order valence-electron chi connectivity index (χ0n) is 15.3. The highest BCUT2D eigenvalue weighted by Gasteiger charge is 2.20. The summed E-state index contributed by atoms with van der Waals surface area (Å²) < 4.78 is 10.6. The van der Waals surface area contributed by atoms with E-state index < -0.39 is 0 Å². The summed E-state index contributed by atoms with van der Waals surface area (Å²) in [6, 6.07) is 15.6. The molecule has 0 radical (unpaired) electrons. The Morgan fingerprint density at radius 1 is 1.30 bits per heavy atom. The van der Waals surface area contributed by atoms with E-state index in [2.05, 4.69) is 17.4 Å². The smallest absolute Gasteiger partial charge is 0.244 e. The number of carbonyl (C=O) groups is 1. The van der Waals surface area contributed by atoms with E-state index in [1.807, 2.05) is 24.3 Å². The predicted molar refractivity (Wildman–Crippen MR) is 103 cm³/mol. The number of hydrogen-bond acceptors (Lipinski definition) is 4. The fourth-order valence-electron chi connectivity index (χ4n) is 3.31. The first-order chi connectivity index (χ1) is 13.2. The molecule has 1 unspecified atom stereocenters. The van der Waals surface area contributed by atoms with Crippen molar-refractivity contribution in [2.24, 2.45) is 0 Å². The maximum Gasteiger partial charge on any atom is 0.244 e. The number of fused-ring (bicyclic) bond motifs is 1. The molecule has 5 heteroatoms. The second-order valence-electron chi connectivity index (χ2n) is 6.34. The zero-order chi connectivity index (χ0) is 19.1. The lowest BCUT2D eigenvalue weighted by Gasteiger charge is -2.25. The summed E-state index contributed by atoms with van der Waals surface area (Å²) >= 11 is 0. The molecule has 2 aromatic rings. The van der Waals surface area contributed by atoms with Crippen molar-refractivity contribution in [3.63, 3.8) is 0 Å². The first kappa shape index (κ1) is 18.5. The standard InChI is InChI=1S/C22H22N2O3/c1-26-21-15-16(9-11-20(21)27-14-13-23)10-12-22(25)24-19-8-4-6-17-5-2-3-7-18(17)19/h2-3,5,7,9-12,15,19H,4,6,8,14H2,1H3,(H,24,25)/b12-10+. The van der Waals surface area contributed by atoms with Crippen molar-refractivity contribution in [1.29, 1.82) is 5.26 Å². The van der Waals surface area contributed by atoms with E-state index in [9.17, 15) is 4.79 Å². The summed E-state index contributed by atoms with van der Waals surface area (Å²) in [6.07, 6.45) is 6.36. The van der Waals surface area contributed by atoms with Gasteiger partial charge in [-0.25, -0.2) is 0 Å². The maximum atomic E-state index is 12.4. The Balaban J connectivity index is 1.66. The van der Waals surface area contributed by atoms with Crippen LogP contribution in [0.4, 0.5) is 0 Å². The van der Waals surface area contributed by atoms with Crippen molar-refractivity contribution >= 4 is 12.0 Å². The third-order valence-electron chi connectivity index (χ3n) is 4.59. The van der Waals surface area contributed by atoms with E-state index in [0.29, 0.717) is 11.5 Å². The summed E-state index contributed by atoms with van der Waals surface area (Å²) in [4.78, 5) is 12.4. The van der Waals surface area contributed by atoms with E-state index in [0.717, 1.165) is 24.8 Å². The number of amides is 1. The van der Waals surface area contributed by atoms with E-state index in [1.165, 1.54) is 24.3 Å². The number of nitriles is 1. The maximum absolute atomic E-state index is 12.4. The topological polar surface area (TPSA) is 71.3 Å². The van der Waals surface area contributed by atoms with Crippen molar-refractivity contribution in [3.8, 4) is 17.6 Å². The number of rotatable bonds is 6. The van der Waals surface area contributed by atoms with E-state index in [4.69, 9.17) is 14.7 Å². The molecule has 138 valence electrons. The molecule has 2 aromatic carbocycles. The minimum atomic E-state index is -0.125. The number of benzene rings is 2. The number of carbonyl (C=O) groups excluding carboxylic acids is 1. The van der Waals surface area contributed by atoms with Crippen molar-refractivity contribution in [2.75, 3.05) is 13.7 Å². The van der Waals surface area contributed by atoms with Gasteiger partial charge in [0.2, 0.25) is 5.91 Å². The highest BCUT2D eigenvalue weighted by Crippen LogP contribution is 2.30. The summed E-state index contributed by atoms with van der Waals surface area (Å²) in [5, 5.41) is 11.7. The van der Waals surface area contributed by atoms with Gasteiger partial charge in [-0.1, -0.05) is 30.3 Å². The van der Waals surface area contributed by atoms with Gasteiger partial charge in [0.05, 0.1) is 13.2 Å². The van der Waals surface area contributed by atoms with E-state index in [-0.39, 0.29) is 18.6 Å². The lowest BCUT2D eigenvalue weighted by molar-refractivity contribution is -0.117. The van der Waals surface area contributed by atoms with Crippen molar-refractivity contribution in [1.82, 2.24) is 5.32 Å². The highest BCUT2D eigenvalue weighted by atomic mass is 16.5. The number of aryl methyl sites for hydroxylation is 1. The zero-order valence-corrected chi connectivity index (χ0v) is 15.3. The molecule has 27 heavy (non-hydrogen) atoms. The molecule has 1 aliphatic carbocycles. The van der Waals surface area contributed by atoms with Gasteiger partial charge in [-0.15, -0.1) is 0 Å². The highest BCUT2D eigenvalue weighted by molar-refractivity contribution is 5.92. The van der Waals surface area contributed by atoms with Crippen molar-refractivity contribution < 1.29 is 14.3 Å². The lowest BCUT2D eigenvalue weighted by atomic mass is 9.88. The summed E-state index contributed by atoms with van der Waals surface area (Å²) in [7, 11) is 1.54. The van der Waals surface area contributed by atoms with Crippen LogP contribution in [0.1, 0.15) is 35.6 Å². The SMILES string of the molecule is COc1cc(/C=C/C(=O)NC2CCCc3ccccc32)ccc1OCC#N. The summed E-state index contributed by atoms with van der Waals surface area (Å²) in [5.74, 6) is 0.897. The van der Waals surface area contributed by atoms with Crippen LogP contribution < -0.4 is 14.8 Å². The molecular weight excluding hydrogens is 340 g/mol. The van der Waals surface area contributed by atoms with Crippen LogP contribution in [0.3, 0.4) is 0 Å². The lowest BCUT2D eigenvalue weighted by Crippen LogP contribution is -2.29. The van der Waals surface area contributed by atoms with Gasteiger partial charge in [-0.05, 0) is 54.2 Å². The molecule has 0 saturated heterocycles. The average Bonchev–Trinajstić information content (AvgIpc) is 2.71. The van der Waals surface area contributed by atoms with Gasteiger partial charge >= 0.3 is 0 Å². The number of nitrogens with one attached hydrogen (secondary N) is 1. The molecular formula is C22H22N2O3. The quantitative estimate of drug-likeness (QED) is 0.794. The third kappa shape index (κ3) is 4.68. The molecule has 0 heterocycles. The van der Waals surface area contributed by atoms with Gasteiger partial charge in [0.25, 0.3) is 0 Å². The molecule has 0 bridgehead atoms. The number of ether oxygens (including phenoxy) is 2. The Hall–Kier alpha value is -3.26. The molecule has 1 aliphatic rings. The number of nitrogens with zero attached hydrogens (tertiary/aromatic N) is 1. The van der Waals surface area contributed by atoms with Gasteiger partial charge in [0, 0.05) is 6.08 Å². The van der Waals surface area contributed by atoms with Gasteiger partial charge in [-0.3, -0.25) is 4.79 Å². The van der Waals surface area contributed by atoms with Crippen LogP contribution >= 0.6 is 0 Å². The monoisotopic (exact) mass is 362 g/mol. The molecule has 0 aromatic heterocycles. The number of hydrogen-bond donors (Lipinski definition) is 1. The Morgan fingerprint density at radius 2 is 2.15 bits per heavy atom. The average molecular weight is 362 g/mol. The van der Waals surface area contributed by atoms with Crippen LogP contribution in [0.15, 0.2) is 48.5 Å². The largest absolute Gasteiger partial charge is 0.493 e. The second-order valence-corrected chi connectivity index (χ2v) is 6.34. The molecule has 0 aliphatic heterocycles. The number of methoxy groups -OCH3 is 1. The van der Waals surface area contributed by atoms with Crippen LogP contribution in [-0.2, 0) is 11.2 Å². The molecule has 1 amide bonds. The first-order valence-corrected chi connectivity index (χ1v) is 8.95. The van der Waals surface area contributed by atoms with Gasteiger partial charge < -0.3 is 14.8 Å². The van der Waals surface area contributed by atoms with Crippen LogP contribution in [0.2, 0.25) is 0 Å². The van der Waals surface area contributed by atoms with E-state index >= 15 is 0 Å². The van der Waals surface area contributed by atoms with E-state index in [1.54, 1.807) is 18.2 Å². The molecule has 0 saturated carbocycles. The third-order valence-corrected chi connectivity index (χ3v) is 4.59. The molecule has 1 N–H and O–H groups in total. The van der Waals surface area contributed by atoms with Crippen LogP contribution in [-0.4, -0.2) is 19.6 Å². The van der Waals surface area contributed by atoms with Crippen LogP contribution in [0, 0.1) is 11.3 Å². The minimum Gasteiger partial charge on any atom is -0.493 e. The Bertz CT molecular complexity index is 883. The van der Waals surface area contributed by atoms with Gasteiger partial charge in [-0.2, -0.15) is 5.26 Å². The Morgan fingerprint density at radius 3 is 2.96 bits per heavy atom. The summed E-state index contributed by atoms with van der Waals surface area (Å²) in [5.41, 5.74) is 3.34. The first-order valence-electron chi connectivity index (χ1n) is 8.95.